The molecule has 7 nitrogen and oxygen atoms in total. The van der Waals surface area contributed by atoms with Crippen molar-refractivity contribution in [3.8, 4) is 0 Å². The molecule has 1 saturated heterocycles. The summed E-state index contributed by atoms with van der Waals surface area (Å²) in [5.41, 5.74) is 1.62. The number of carbonyl (C=O) groups is 3. The molecule has 0 aromatic heterocycles. The van der Waals surface area contributed by atoms with Crippen molar-refractivity contribution in [2.24, 2.45) is 17.8 Å². The van der Waals surface area contributed by atoms with E-state index >= 15 is 0 Å². The molecule has 3 amide bonds. The van der Waals surface area contributed by atoms with Crippen molar-refractivity contribution < 1.29 is 19.5 Å². The van der Waals surface area contributed by atoms with Crippen LogP contribution in [0.25, 0.3) is 0 Å². The van der Waals surface area contributed by atoms with Gasteiger partial charge in [0, 0.05) is 31.2 Å². The van der Waals surface area contributed by atoms with Crippen molar-refractivity contribution in [3.63, 3.8) is 0 Å². The normalized spacial score (nSPS) is 19.9. The van der Waals surface area contributed by atoms with E-state index in [1.165, 1.54) is 0 Å². The minimum absolute atomic E-state index is 0.0433. The minimum Gasteiger partial charge on any atom is -0.481 e. The van der Waals surface area contributed by atoms with Crippen molar-refractivity contribution in [1.29, 1.82) is 0 Å². The maximum absolute atomic E-state index is 12.3. The first-order valence-electron chi connectivity index (χ1n) is 8.91. The quantitative estimate of drug-likeness (QED) is 0.750. The molecular weight excluding hydrogens is 334 g/mol. The van der Waals surface area contributed by atoms with Gasteiger partial charge in [-0.25, -0.2) is 4.79 Å². The second-order valence-corrected chi connectivity index (χ2v) is 7.28. The number of benzene rings is 1. The summed E-state index contributed by atoms with van der Waals surface area (Å²) in [5, 5.41) is 14.8. The van der Waals surface area contributed by atoms with E-state index in [0.717, 1.165) is 5.56 Å². The van der Waals surface area contributed by atoms with Crippen LogP contribution in [0.1, 0.15) is 32.8 Å². The highest BCUT2D eigenvalue weighted by Crippen LogP contribution is 2.21. The summed E-state index contributed by atoms with van der Waals surface area (Å²) in [5.74, 6) is -1.32. The summed E-state index contributed by atoms with van der Waals surface area (Å²) >= 11 is 0. The van der Waals surface area contributed by atoms with Crippen LogP contribution in [-0.2, 0) is 16.1 Å². The van der Waals surface area contributed by atoms with E-state index < -0.39 is 11.9 Å². The van der Waals surface area contributed by atoms with Gasteiger partial charge in [-0.3, -0.25) is 9.59 Å². The van der Waals surface area contributed by atoms with Crippen LogP contribution in [0.5, 0.6) is 0 Å². The molecule has 0 spiro atoms. The van der Waals surface area contributed by atoms with Crippen LogP contribution in [0.15, 0.2) is 24.3 Å². The smallest absolute Gasteiger partial charge is 0.317 e. The lowest BCUT2D eigenvalue weighted by Gasteiger charge is -2.34. The molecule has 3 N–H and O–H groups in total. The number of nitrogens with one attached hydrogen (secondary N) is 2. The summed E-state index contributed by atoms with van der Waals surface area (Å²) in [7, 11) is 0. The first kappa shape index (κ1) is 19.8. The number of anilines is 1. The summed E-state index contributed by atoms with van der Waals surface area (Å²) in [6.07, 6.45) is 0.600. The zero-order valence-electron chi connectivity index (χ0n) is 15.5. The lowest BCUT2D eigenvalue weighted by Crippen LogP contribution is -2.49. The van der Waals surface area contributed by atoms with Crippen LogP contribution in [0.4, 0.5) is 10.5 Å². The van der Waals surface area contributed by atoms with Gasteiger partial charge in [0.2, 0.25) is 5.91 Å². The van der Waals surface area contributed by atoms with Crippen molar-refractivity contribution in [2.45, 2.75) is 33.7 Å². The van der Waals surface area contributed by atoms with E-state index in [1.807, 2.05) is 32.9 Å². The highest BCUT2D eigenvalue weighted by molar-refractivity contribution is 5.92. The molecule has 2 rings (SSSR count). The molecule has 1 fully saturated rings. The second kappa shape index (κ2) is 8.69. The maximum Gasteiger partial charge on any atom is 0.317 e. The van der Waals surface area contributed by atoms with Crippen LogP contribution in [0.2, 0.25) is 0 Å². The SMILES string of the molecule is CC1CC(C(=O)O)CN(C(=O)NCc2ccc(NC(=O)C(C)C)cc2)C1. The Hall–Kier alpha value is -2.57. The molecule has 0 aliphatic carbocycles. The fourth-order valence-electron chi connectivity index (χ4n) is 2.98. The zero-order chi connectivity index (χ0) is 19.3. The maximum atomic E-state index is 12.3. The zero-order valence-corrected chi connectivity index (χ0v) is 15.5. The van der Waals surface area contributed by atoms with Gasteiger partial charge < -0.3 is 20.6 Å². The molecule has 142 valence electrons. The van der Waals surface area contributed by atoms with Gasteiger partial charge in [0.1, 0.15) is 0 Å². The molecule has 1 aromatic rings. The number of urea groups is 1. The lowest BCUT2D eigenvalue weighted by atomic mass is 9.91. The van der Waals surface area contributed by atoms with Gasteiger partial charge in [-0.2, -0.15) is 0 Å². The Kier molecular flexibility index (Phi) is 6.60. The van der Waals surface area contributed by atoms with Gasteiger partial charge in [0.15, 0.2) is 0 Å². The van der Waals surface area contributed by atoms with Gasteiger partial charge in [0.05, 0.1) is 5.92 Å². The van der Waals surface area contributed by atoms with Crippen molar-refractivity contribution in [1.82, 2.24) is 10.2 Å². The van der Waals surface area contributed by atoms with Crippen molar-refractivity contribution in [2.75, 3.05) is 18.4 Å². The average molecular weight is 361 g/mol. The third-order valence-electron chi connectivity index (χ3n) is 4.49. The molecule has 0 saturated carbocycles. The molecule has 1 aromatic carbocycles. The monoisotopic (exact) mass is 361 g/mol. The van der Waals surface area contributed by atoms with E-state index in [2.05, 4.69) is 10.6 Å². The highest BCUT2D eigenvalue weighted by Gasteiger charge is 2.31. The Morgan fingerprint density at radius 2 is 1.85 bits per heavy atom. The van der Waals surface area contributed by atoms with Crippen molar-refractivity contribution >= 4 is 23.6 Å². The molecular formula is C19H27N3O4. The van der Waals surface area contributed by atoms with E-state index in [1.54, 1.807) is 17.0 Å². The average Bonchev–Trinajstić information content (AvgIpc) is 2.60. The predicted molar refractivity (Wildman–Crippen MR) is 98.6 cm³/mol. The fourth-order valence-corrected chi connectivity index (χ4v) is 2.98. The Balaban J connectivity index is 1.87. The molecule has 2 unspecified atom stereocenters. The van der Waals surface area contributed by atoms with Gasteiger partial charge in [-0.05, 0) is 30.0 Å². The van der Waals surface area contributed by atoms with E-state index in [-0.39, 0.29) is 30.3 Å². The van der Waals surface area contributed by atoms with E-state index in [9.17, 15) is 19.5 Å². The number of carboxylic acids is 1. The number of amides is 3. The Morgan fingerprint density at radius 1 is 1.19 bits per heavy atom. The summed E-state index contributed by atoms with van der Waals surface area (Å²) < 4.78 is 0. The Bertz CT molecular complexity index is 657. The number of hydrogen-bond donors (Lipinski definition) is 3. The fraction of sp³-hybridized carbons (Fsp3) is 0.526. The number of nitrogens with zero attached hydrogens (tertiary/aromatic N) is 1. The van der Waals surface area contributed by atoms with E-state index in [0.29, 0.717) is 25.2 Å². The molecule has 1 aliphatic rings. The largest absolute Gasteiger partial charge is 0.481 e. The van der Waals surface area contributed by atoms with Crippen molar-refractivity contribution in [3.05, 3.63) is 29.8 Å². The molecule has 1 aliphatic heterocycles. The topological polar surface area (TPSA) is 98.7 Å². The first-order chi connectivity index (χ1) is 12.3. The Labute approximate surface area is 153 Å². The number of hydrogen-bond acceptors (Lipinski definition) is 3. The first-order valence-corrected chi connectivity index (χ1v) is 8.91. The molecule has 0 radical (unpaired) electrons. The Morgan fingerprint density at radius 3 is 2.42 bits per heavy atom. The number of carboxylic acid groups (broad SMARTS) is 1. The van der Waals surface area contributed by atoms with Gasteiger partial charge in [0.25, 0.3) is 0 Å². The molecule has 0 bridgehead atoms. The van der Waals surface area contributed by atoms with Crippen LogP contribution in [0, 0.1) is 17.8 Å². The summed E-state index contributed by atoms with van der Waals surface area (Å²) in [4.78, 5) is 36.8. The summed E-state index contributed by atoms with van der Waals surface area (Å²) in [6, 6.07) is 7.03. The van der Waals surface area contributed by atoms with E-state index in [4.69, 9.17) is 0 Å². The van der Waals surface area contributed by atoms with Crippen LogP contribution in [0.3, 0.4) is 0 Å². The van der Waals surface area contributed by atoms with Gasteiger partial charge in [-0.15, -0.1) is 0 Å². The third-order valence-corrected chi connectivity index (χ3v) is 4.49. The third kappa shape index (κ3) is 5.47. The van der Waals surface area contributed by atoms with Gasteiger partial charge in [-0.1, -0.05) is 32.9 Å². The van der Waals surface area contributed by atoms with Crippen LogP contribution < -0.4 is 10.6 Å². The number of carbonyl (C=O) groups excluding carboxylic acids is 2. The number of likely N-dealkylation sites (tertiary alicyclic amines) is 1. The second-order valence-electron chi connectivity index (χ2n) is 7.28. The number of piperidine rings is 1. The predicted octanol–water partition coefficient (Wildman–Crippen LogP) is 2.53. The summed E-state index contributed by atoms with van der Waals surface area (Å²) in [6.45, 7) is 6.77. The highest BCUT2D eigenvalue weighted by atomic mass is 16.4. The number of rotatable bonds is 5. The molecule has 7 heteroatoms. The minimum atomic E-state index is -0.853. The van der Waals surface area contributed by atoms with Crippen LogP contribution in [-0.4, -0.2) is 41.0 Å². The number of aliphatic carboxylic acids is 1. The molecule has 2 atom stereocenters. The molecule has 26 heavy (non-hydrogen) atoms. The van der Waals surface area contributed by atoms with Crippen LogP contribution >= 0.6 is 0 Å². The lowest BCUT2D eigenvalue weighted by molar-refractivity contribution is -0.143. The standard InChI is InChI=1S/C19H27N3O4/c1-12(2)17(23)21-16-6-4-14(5-7-16)9-20-19(26)22-10-13(3)8-15(11-22)18(24)25/h4-7,12-13,15H,8-11H2,1-3H3,(H,20,26)(H,21,23)(H,24,25). The molecule has 1 heterocycles. The van der Waals surface area contributed by atoms with Gasteiger partial charge >= 0.3 is 12.0 Å².